The van der Waals surface area contributed by atoms with Gasteiger partial charge in [0.15, 0.2) is 0 Å². The number of aromatic nitrogens is 2. The van der Waals surface area contributed by atoms with Crippen LogP contribution in [0.5, 0.6) is 0 Å². The average molecular weight is 465 g/mol. The first-order valence-electron chi connectivity index (χ1n) is 12.1. The van der Waals surface area contributed by atoms with Gasteiger partial charge in [-0.15, -0.1) is 0 Å². The highest BCUT2D eigenvalue weighted by atomic mass is 16.5. The van der Waals surface area contributed by atoms with Crippen LogP contribution in [0.1, 0.15) is 17.7 Å². The molecule has 0 bridgehead atoms. The van der Waals surface area contributed by atoms with Crippen LogP contribution < -0.4 is 14.7 Å². The lowest BCUT2D eigenvalue weighted by Gasteiger charge is -2.37. The Kier molecular flexibility index (Phi) is 6.36. The summed E-state index contributed by atoms with van der Waals surface area (Å²) in [6.07, 6.45) is 0.279. The summed E-state index contributed by atoms with van der Waals surface area (Å²) in [7, 11) is 0. The fraction of sp³-hybridized carbons (Fsp3) is 0.520. The van der Waals surface area contributed by atoms with Crippen LogP contribution in [-0.2, 0) is 14.3 Å². The number of amides is 2. The summed E-state index contributed by atoms with van der Waals surface area (Å²) < 4.78 is 5.45. The zero-order chi connectivity index (χ0) is 23.7. The third kappa shape index (κ3) is 4.70. The molecule has 9 heteroatoms. The molecule has 5 rings (SSSR count). The normalized spacial score (nSPS) is 21.4. The van der Waals surface area contributed by atoms with Crippen molar-refractivity contribution in [1.82, 2.24) is 14.9 Å². The first-order chi connectivity index (χ1) is 16.5. The molecule has 0 aliphatic carbocycles. The van der Waals surface area contributed by atoms with Gasteiger partial charge in [-0.3, -0.25) is 9.59 Å². The van der Waals surface area contributed by atoms with E-state index in [1.54, 1.807) is 4.90 Å². The van der Waals surface area contributed by atoms with E-state index in [9.17, 15) is 9.59 Å². The maximum absolute atomic E-state index is 13.2. The molecule has 1 atom stereocenters. The maximum atomic E-state index is 13.2. The lowest BCUT2D eigenvalue weighted by Crippen LogP contribution is -2.51. The molecular weight excluding hydrogens is 432 g/mol. The molecule has 3 aliphatic heterocycles. The number of carbonyl (C=O) groups is 2. The minimum Gasteiger partial charge on any atom is -0.378 e. The highest BCUT2D eigenvalue weighted by Gasteiger charge is 2.38. The van der Waals surface area contributed by atoms with Crippen molar-refractivity contribution >= 4 is 29.3 Å². The Labute approximate surface area is 200 Å². The van der Waals surface area contributed by atoms with Crippen molar-refractivity contribution in [1.29, 1.82) is 0 Å². The predicted octanol–water partition coefficient (Wildman–Crippen LogP) is 1.63. The van der Waals surface area contributed by atoms with Crippen LogP contribution in [0.4, 0.5) is 17.5 Å². The molecule has 0 N–H and O–H groups in total. The highest BCUT2D eigenvalue weighted by molar-refractivity contribution is 6.00. The third-order valence-corrected chi connectivity index (χ3v) is 6.86. The van der Waals surface area contributed by atoms with Crippen LogP contribution >= 0.6 is 0 Å². The van der Waals surface area contributed by atoms with Crippen molar-refractivity contribution in [2.75, 3.05) is 73.7 Å². The van der Waals surface area contributed by atoms with Crippen LogP contribution in [0.3, 0.4) is 0 Å². The third-order valence-electron chi connectivity index (χ3n) is 6.86. The smallest absolute Gasteiger partial charge is 0.228 e. The summed E-state index contributed by atoms with van der Waals surface area (Å²) >= 11 is 0. The standard InChI is InChI=1S/C25H32N6O3/c1-18-3-5-21(6-4-18)31-17-20(16-23(31)32)24(33)29-9-7-28(8-10-29)22-15-19(2)26-25(27-22)30-11-13-34-14-12-30/h3-6,15,20H,7-14,16-17H2,1-2H3. The van der Waals surface area contributed by atoms with E-state index in [0.29, 0.717) is 45.9 Å². The predicted molar refractivity (Wildman–Crippen MR) is 130 cm³/mol. The quantitative estimate of drug-likeness (QED) is 0.680. The molecule has 3 fully saturated rings. The van der Waals surface area contributed by atoms with Crippen LogP contribution in [-0.4, -0.2) is 85.7 Å². The van der Waals surface area contributed by atoms with E-state index in [2.05, 4.69) is 14.8 Å². The Bertz CT molecular complexity index is 1050. The number of carbonyl (C=O) groups excluding carboxylic acids is 2. The summed E-state index contributed by atoms with van der Waals surface area (Å²) in [5.74, 6) is 1.47. The number of aryl methyl sites for hydroxylation is 2. The van der Waals surface area contributed by atoms with Gasteiger partial charge in [-0.05, 0) is 26.0 Å². The van der Waals surface area contributed by atoms with Gasteiger partial charge >= 0.3 is 0 Å². The number of anilines is 3. The van der Waals surface area contributed by atoms with Gasteiger partial charge in [-0.25, -0.2) is 4.98 Å². The minimum atomic E-state index is -0.283. The molecule has 0 saturated carbocycles. The summed E-state index contributed by atoms with van der Waals surface area (Å²) in [6.45, 7) is 10.1. The lowest BCUT2D eigenvalue weighted by molar-refractivity contribution is -0.136. The molecule has 4 heterocycles. The molecule has 3 saturated heterocycles. The average Bonchev–Trinajstić information content (AvgIpc) is 3.26. The summed E-state index contributed by atoms with van der Waals surface area (Å²) in [4.78, 5) is 43.3. The Morgan fingerprint density at radius 1 is 0.941 bits per heavy atom. The van der Waals surface area contributed by atoms with Gasteiger partial charge in [-0.1, -0.05) is 17.7 Å². The van der Waals surface area contributed by atoms with Crippen molar-refractivity contribution in [2.45, 2.75) is 20.3 Å². The topological polar surface area (TPSA) is 82.1 Å². The van der Waals surface area contributed by atoms with E-state index in [1.165, 1.54) is 0 Å². The Balaban J connectivity index is 1.20. The van der Waals surface area contributed by atoms with Crippen molar-refractivity contribution in [3.63, 3.8) is 0 Å². The first-order valence-corrected chi connectivity index (χ1v) is 12.1. The summed E-state index contributed by atoms with van der Waals surface area (Å²) in [5.41, 5.74) is 2.95. The number of benzene rings is 1. The Morgan fingerprint density at radius 2 is 1.65 bits per heavy atom. The summed E-state index contributed by atoms with van der Waals surface area (Å²) in [5, 5.41) is 0. The zero-order valence-electron chi connectivity index (χ0n) is 19.9. The lowest BCUT2D eigenvalue weighted by atomic mass is 10.1. The second kappa shape index (κ2) is 9.58. The molecule has 0 spiro atoms. The molecule has 0 radical (unpaired) electrons. The second-order valence-electron chi connectivity index (χ2n) is 9.32. The van der Waals surface area contributed by atoms with Crippen molar-refractivity contribution in [3.8, 4) is 0 Å². The number of ether oxygens (including phenoxy) is 1. The van der Waals surface area contributed by atoms with Gasteiger partial charge in [0.05, 0.1) is 19.1 Å². The zero-order valence-corrected chi connectivity index (χ0v) is 19.9. The molecule has 1 unspecified atom stereocenters. The molecule has 3 aliphatic rings. The highest BCUT2D eigenvalue weighted by Crippen LogP contribution is 2.27. The van der Waals surface area contributed by atoms with E-state index < -0.39 is 0 Å². The van der Waals surface area contributed by atoms with E-state index in [4.69, 9.17) is 9.72 Å². The molecule has 1 aromatic heterocycles. The van der Waals surface area contributed by atoms with Crippen LogP contribution in [0.2, 0.25) is 0 Å². The Hall–Kier alpha value is -3.20. The van der Waals surface area contributed by atoms with Gasteiger partial charge < -0.3 is 24.3 Å². The largest absolute Gasteiger partial charge is 0.378 e. The molecule has 2 amide bonds. The Morgan fingerprint density at radius 3 is 2.35 bits per heavy atom. The van der Waals surface area contributed by atoms with Gasteiger partial charge in [-0.2, -0.15) is 4.98 Å². The number of morpholine rings is 1. The van der Waals surface area contributed by atoms with E-state index >= 15 is 0 Å². The number of rotatable bonds is 4. The van der Waals surface area contributed by atoms with Crippen molar-refractivity contribution in [3.05, 3.63) is 41.6 Å². The van der Waals surface area contributed by atoms with Gasteiger partial charge in [0.1, 0.15) is 5.82 Å². The van der Waals surface area contributed by atoms with Gasteiger partial charge in [0.2, 0.25) is 17.8 Å². The number of nitrogens with zero attached hydrogens (tertiary/aromatic N) is 6. The number of hydrogen-bond acceptors (Lipinski definition) is 7. The van der Waals surface area contributed by atoms with E-state index in [1.807, 2.05) is 49.1 Å². The monoisotopic (exact) mass is 464 g/mol. The van der Waals surface area contributed by atoms with Crippen LogP contribution in [0.15, 0.2) is 30.3 Å². The van der Waals surface area contributed by atoms with E-state index in [0.717, 1.165) is 41.8 Å². The molecule has 34 heavy (non-hydrogen) atoms. The van der Waals surface area contributed by atoms with Gasteiger partial charge in [0, 0.05) is 69.7 Å². The molecule has 9 nitrogen and oxygen atoms in total. The fourth-order valence-electron chi connectivity index (χ4n) is 4.86. The first kappa shape index (κ1) is 22.6. The summed E-state index contributed by atoms with van der Waals surface area (Å²) in [6, 6.07) is 9.91. The molecule has 180 valence electrons. The number of piperazine rings is 1. The van der Waals surface area contributed by atoms with Crippen LogP contribution in [0.25, 0.3) is 0 Å². The van der Waals surface area contributed by atoms with Gasteiger partial charge in [0.25, 0.3) is 0 Å². The maximum Gasteiger partial charge on any atom is 0.228 e. The number of hydrogen-bond donors (Lipinski definition) is 0. The van der Waals surface area contributed by atoms with Crippen molar-refractivity contribution < 1.29 is 14.3 Å². The second-order valence-corrected chi connectivity index (χ2v) is 9.32. The van der Waals surface area contributed by atoms with E-state index in [-0.39, 0.29) is 24.2 Å². The molecule has 1 aromatic carbocycles. The van der Waals surface area contributed by atoms with Crippen LogP contribution in [0, 0.1) is 19.8 Å². The molecular formula is C25H32N6O3. The van der Waals surface area contributed by atoms with Crippen molar-refractivity contribution in [2.24, 2.45) is 5.92 Å². The molecule has 2 aromatic rings. The minimum absolute atomic E-state index is 0.0212. The fourth-order valence-corrected chi connectivity index (χ4v) is 4.86. The SMILES string of the molecule is Cc1ccc(N2CC(C(=O)N3CCN(c4cc(C)nc(N5CCOCC5)n4)CC3)CC2=O)cc1.